The van der Waals surface area contributed by atoms with Crippen LogP contribution in [0.4, 0.5) is 17.1 Å². The molecule has 150 valence electrons. The Morgan fingerprint density at radius 2 is 1.72 bits per heavy atom. The molecule has 0 aliphatic rings. The number of esters is 2. The molecule has 29 heavy (non-hydrogen) atoms. The van der Waals surface area contributed by atoms with Crippen LogP contribution in [0.1, 0.15) is 34.1 Å². The summed E-state index contributed by atoms with van der Waals surface area (Å²) in [4.78, 5) is 25.8. The Balaban J connectivity index is 2.29. The number of carbonyl (C=O) groups is 2. The molecule has 2 rings (SSSR count). The Bertz CT molecular complexity index is 933. The Labute approximate surface area is 169 Å². The lowest BCUT2D eigenvalue weighted by atomic mass is 10.1. The zero-order valence-corrected chi connectivity index (χ0v) is 16.6. The van der Waals surface area contributed by atoms with Gasteiger partial charge in [-0.1, -0.05) is 0 Å². The van der Waals surface area contributed by atoms with Crippen molar-refractivity contribution >= 4 is 29.0 Å². The number of azo groups is 1. The summed E-state index contributed by atoms with van der Waals surface area (Å²) < 4.78 is 9.46. The number of benzene rings is 2. The smallest absolute Gasteiger partial charge is 0.340 e. The molecule has 0 fully saturated rings. The quantitative estimate of drug-likeness (QED) is 0.485. The highest BCUT2D eigenvalue weighted by Crippen LogP contribution is 2.26. The van der Waals surface area contributed by atoms with Crippen molar-refractivity contribution in [1.29, 1.82) is 5.26 Å². The Morgan fingerprint density at radius 3 is 2.31 bits per heavy atom. The largest absolute Gasteiger partial charge is 0.465 e. The van der Waals surface area contributed by atoms with Crippen molar-refractivity contribution in [3.05, 3.63) is 53.6 Å². The van der Waals surface area contributed by atoms with Gasteiger partial charge in [-0.05, 0) is 49.4 Å². The van der Waals surface area contributed by atoms with Crippen molar-refractivity contribution in [3.63, 3.8) is 0 Å². The van der Waals surface area contributed by atoms with Gasteiger partial charge in [0.2, 0.25) is 0 Å². The zero-order chi connectivity index (χ0) is 21.2. The number of hydrogen-bond donors (Lipinski definition) is 0. The van der Waals surface area contributed by atoms with Crippen LogP contribution in [-0.2, 0) is 9.47 Å². The van der Waals surface area contributed by atoms with Crippen LogP contribution < -0.4 is 4.90 Å². The van der Waals surface area contributed by atoms with E-state index < -0.39 is 11.9 Å². The number of carbonyl (C=O) groups excluding carboxylic acids is 2. The normalized spacial score (nSPS) is 10.4. The van der Waals surface area contributed by atoms with Crippen LogP contribution in [0, 0.1) is 11.3 Å². The van der Waals surface area contributed by atoms with Gasteiger partial charge in [0, 0.05) is 18.8 Å². The third-order valence-corrected chi connectivity index (χ3v) is 4.19. The standard InChI is InChI=1S/C21H22N4O4/c1-4-25(13-5-12-22)17-9-7-16(8-10-17)23-24-19-14-15(20(26)28-2)6-11-18(19)21(27)29-3/h6-11,14H,4-5,13H2,1-3H3. The van der Waals surface area contributed by atoms with Crippen molar-refractivity contribution in [2.24, 2.45) is 10.2 Å². The van der Waals surface area contributed by atoms with Crippen LogP contribution in [0.25, 0.3) is 0 Å². The van der Waals surface area contributed by atoms with Gasteiger partial charge in [0.1, 0.15) is 5.69 Å². The molecule has 0 saturated carbocycles. The minimum atomic E-state index is -0.582. The summed E-state index contributed by atoms with van der Waals surface area (Å²) >= 11 is 0. The van der Waals surface area contributed by atoms with E-state index in [0.717, 1.165) is 12.2 Å². The zero-order valence-electron chi connectivity index (χ0n) is 16.6. The SMILES string of the molecule is CCN(CCC#N)c1ccc(N=Nc2cc(C(=O)OC)ccc2C(=O)OC)cc1. The van der Waals surface area contributed by atoms with Gasteiger partial charge >= 0.3 is 11.9 Å². The second kappa shape index (κ2) is 10.6. The Hall–Kier alpha value is -3.73. The van der Waals surface area contributed by atoms with E-state index in [4.69, 9.17) is 14.7 Å². The van der Waals surface area contributed by atoms with E-state index in [1.54, 1.807) is 12.1 Å². The van der Waals surface area contributed by atoms with E-state index >= 15 is 0 Å². The summed E-state index contributed by atoms with van der Waals surface area (Å²) in [7, 11) is 2.54. The molecule has 0 heterocycles. The third-order valence-electron chi connectivity index (χ3n) is 4.19. The minimum Gasteiger partial charge on any atom is -0.465 e. The summed E-state index contributed by atoms with van der Waals surface area (Å²) in [5.74, 6) is -1.12. The van der Waals surface area contributed by atoms with Crippen molar-refractivity contribution in [2.45, 2.75) is 13.3 Å². The maximum Gasteiger partial charge on any atom is 0.340 e. The highest BCUT2D eigenvalue weighted by Gasteiger charge is 2.15. The van der Waals surface area contributed by atoms with Crippen LogP contribution in [0.2, 0.25) is 0 Å². The molecule has 2 aromatic carbocycles. The van der Waals surface area contributed by atoms with Crippen LogP contribution in [0.15, 0.2) is 52.7 Å². The Kier molecular flexibility index (Phi) is 7.86. The average Bonchev–Trinajstić information content (AvgIpc) is 2.77. The molecule has 0 bridgehead atoms. The Morgan fingerprint density at radius 1 is 1.03 bits per heavy atom. The predicted octanol–water partition coefficient (Wildman–Crippen LogP) is 4.42. The van der Waals surface area contributed by atoms with Crippen LogP contribution >= 0.6 is 0 Å². The molecule has 2 aromatic rings. The van der Waals surface area contributed by atoms with Crippen LogP contribution in [-0.4, -0.2) is 39.2 Å². The average molecular weight is 394 g/mol. The molecule has 0 radical (unpaired) electrons. The highest BCUT2D eigenvalue weighted by atomic mass is 16.5. The molecule has 0 unspecified atom stereocenters. The first-order valence-corrected chi connectivity index (χ1v) is 8.98. The number of hydrogen-bond acceptors (Lipinski definition) is 8. The lowest BCUT2D eigenvalue weighted by molar-refractivity contribution is 0.0587. The highest BCUT2D eigenvalue weighted by molar-refractivity contribution is 5.98. The monoisotopic (exact) mass is 394 g/mol. The molecule has 8 nitrogen and oxygen atoms in total. The van der Waals surface area contributed by atoms with E-state index in [9.17, 15) is 9.59 Å². The molecular formula is C21H22N4O4. The second-order valence-corrected chi connectivity index (χ2v) is 5.92. The van der Waals surface area contributed by atoms with Crippen molar-refractivity contribution < 1.29 is 19.1 Å². The first-order valence-electron chi connectivity index (χ1n) is 8.98. The number of ether oxygens (including phenoxy) is 2. The third kappa shape index (κ3) is 5.62. The molecule has 0 amide bonds. The van der Waals surface area contributed by atoms with E-state index in [1.807, 2.05) is 19.1 Å². The summed E-state index contributed by atoms with van der Waals surface area (Å²) in [6.45, 7) is 3.45. The molecule has 0 spiro atoms. The number of nitrogens with zero attached hydrogens (tertiary/aromatic N) is 4. The summed E-state index contributed by atoms with van der Waals surface area (Å²) in [6.07, 6.45) is 0.447. The molecule has 0 aliphatic carbocycles. The summed E-state index contributed by atoms with van der Waals surface area (Å²) in [5.41, 5.74) is 2.19. The number of rotatable bonds is 8. The van der Waals surface area contributed by atoms with E-state index in [1.165, 1.54) is 32.4 Å². The van der Waals surface area contributed by atoms with Gasteiger partial charge in [0.05, 0.1) is 43.5 Å². The van der Waals surface area contributed by atoms with Crippen LogP contribution in [0.3, 0.4) is 0 Å². The van der Waals surface area contributed by atoms with Gasteiger partial charge in [0.15, 0.2) is 0 Å². The molecule has 0 aromatic heterocycles. The summed E-state index contributed by atoms with van der Waals surface area (Å²) in [6, 6.07) is 13.8. The van der Waals surface area contributed by atoms with Crippen LogP contribution in [0.5, 0.6) is 0 Å². The maximum atomic E-state index is 12.0. The van der Waals surface area contributed by atoms with Gasteiger partial charge in [-0.2, -0.15) is 10.4 Å². The molecule has 0 N–H and O–H groups in total. The summed E-state index contributed by atoms with van der Waals surface area (Å²) in [5, 5.41) is 17.1. The molecular weight excluding hydrogens is 372 g/mol. The maximum absolute atomic E-state index is 12.0. The number of nitriles is 1. The fourth-order valence-electron chi connectivity index (χ4n) is 2.64. The first-order chi connectivity index (χ1) is 14.0. The van der Waals surface area contributed by atoms with Gasteiger partial charge < -0.3 is 14.4 Å². The van der Waals surface area contributed by atoms with E-state index in [-0.39, 0.29) is 16.8 Å². The van der Waals surface area contributed by atoms with Gasteiger partial charge in [-0.15, -0.1) is 5.11 Å². The second-order valence-electron chi connectivity index (χ2n) is 5.92. The number of methoxy groups -OCH3 is 2. The lowest BCUT2D eigenvalue weighted by Gasteiger charge is -2.21. The van der Waals surface area contributed by atoms with Gasteiger partial charge in [0.25, 0.3) is 0 Å². The fraction of sp³-hybridized carbons (Fsp3) is 0.286. The first kappa shape index (κ1) is 21.6. The number of anilines is 1. The molecule has 8 heteroatoms. The van der Waals surface area contributed by atoms with Gasteiger partial charge in [-0.3, -0.25) is 0 Å². The van der Waals surface area contributed by atoms with E-state index in [2.05, 4.69) is 21.2 Å². The van der Waals surface area contributed by atoms with Crippen molar-refractivity contribution in [2.75, 3.05) is 32.2 Å². The predicted molar refractivity (Wildman–Crippen MR) is 108 cm³/mol. The topological polar surface area (TPSA) is 104 Å². The van der Waals surface area contributed by atoms with Gasteiger partial charge in [-0.25, -0.2) is 9.59 Å². The molecule has 0 atom stereocenters. The van der Waals surface area contributed by atoms with Crippen molar-refractivity contribution in [1.82, 2.24) is 0 Å². The minimum absolute atomic E-state index is 0.189. The molecule has 0 aliphatic heterocycles. The lowest BCUT2D eigenvalue weighted by Crippen LogP contribution is -2.23. The van der Waals surface area contributed by atoms with Crippen molar-refractivity contribution in [3.8, 4) is 6.07 Å². The fourth-order valence-corrected chi connectivity index (χ4v) is 2.64. The molecule has 0 saturated heterocycles. The van der Waals surface area contributed by atoms with E-state index in [0.29, 0.717) is 18.7 Å².